The van der Waals surface area contributed by atoms with E-state index in [-0.39, 0.29) is 208 Å². The van der Waals surface area contributed by atoms with Crippen molar-refractivity contribution in [1.29, 1.82) is 0 Å². The van der Waals surface area contributed by atoms with Crippen molar-refractivity contribution >= 4 is 363 Å². The Kier molecular flexibility index (Phi) is 11.3. The van der Waals surface area contributed by atoms with Crippen LogP contribution in [-0.2, 0) is 0 Å². The van der Waals surface area contributed by atoms with Gasteiger partial charge in [0.05, 0.1) is 0 Å². The normalized spacial score (nSPS) is 11.7. The zero-order chi connectivity index (χ0) is 46.6. The Morgan fingerprint density at radius 2 is 0.365 bits per heavy atom. The van der Waals surface area contributed by atoms with Crippen molar-refractivity contribution in [1.82, 2.24) is 0 Å². The van der Waals surface area contributed by atoms with Crippen LogP contribution in [0.5, 0.6) is 0 Å². The molecule has 0 aliphatic carbocycles. The Hall–Kier alpha value is -3.58. The third-order valence-electron chi connectivity index (χ3n) is 12.1. The number of rotatable bonds is 3. The molecular weight excluding hydrogens is 732 g/mol. The van der Waals surface area contributed by atoms with E-state index in [9.17, 15) is 0 Å². The number of furan rings is 1. The lowest BCUT2D eigenvalue weighted by Crippen LogP contribution is -2.56. The van der Waals surface area contributed by atoms with Crippen LogP contribution in [-0.4, -0.2) is 188 Å². The van der Waals surface area contributed by atoms with Gasteiger partial charge in [0.15, 0.2) is 0 Å². The molecule has 0 unspecified atom stereocenters. The van der Waals surface area contributed by atoms with Gasteiger partial charge in [-0.25, -0.2) is 0 Å². The molecule has 8 aromatic rings. The lowest BCUT2D eigenvalue weighted by atomic mass is 9.55. The van der Waals surface area contributed by atoms with Gasteiger partial charge in [-0.15, -0.1) is 65.6 Å². The molecule has 0 N–H and O–H groups in total. The van der Waals surface area contributed by atoms with Crippen LogP contribution in [0.1, 0.15) is 0 Å². The molecule has 230 valence electrons. The number of fused-ring (bicyclic) bond motifs is 5. The summed E-state index contributed by atoms with van der Waals surface area (Å²) in [5.74, 6) is 0. The van der Waals surface area contributed by atoms with Crippen LogP contribution in [0.4, 0.5) is 0 Å². The second kappa shape index (κ2) is 15.5. The molecule has 25 heteroatoms. The van der Waals surface area contributed by atoms with E-state index in [1.807, 2.05) is 0 Å². The zero-order valence-corrected chi connectivity index (χ0v) is 33.3. The van der Waals surface area contributed by atoms with Gasteiger partial charge >= 0.3 is 0 Å². The van der Waals surface area contributed by atoms with Crippen molar-refractivity contribution in [2.75, 3.05) is 0 Å². The summed E-state index contributed by atoms with van der Waals surface area (Å²) in [6.45, 7) is 0. The Morgan fingerprint density at radius 1 is 0.143 bits per heavy atom. The van der Waals surface area contributed by atoms with Crippen LogP contribution < -0.4 is 131 Å². The van der Waals surface area contributed by atoms with Gasteiger partial charge in [0.1, 0.15) is 199 Å². The Balaban J connectivity index is 1.85. The second-order valence-corrected chi connectivity index (χ2v) is 15.2. The monoisotopic (exact) mass is 736 g/mol. The first kappa shape index (κ1) is 46.0. The van der Waals surface area contributed by atoms with Crippen molar-refractivity contribution in [3.8, 4) is 33.4 Å². The fourth-order valence-corrected chi connectivity index (χ4v) is 8.58. The number of benzene rings is 7. The van der Waals surface area contributed by atoms with Gasteiger partial charge in [-0.05, 0) is 60.4 Å². The summed E-state index contributed by atoms with van der Waals surface area (Å²) in [5.41, 5.74) is -4.04. The fourth-order valence-electron chi connectivity index (χ4n) is 8.58. The van der Waals surface area contributed by atoms with Crippen molar-refractivity contribution in [3.63, 3.8) is 0 Å². The molecule has 0 saturated carbocycles. The van der Waals surface area contributed by atoms with Crippen LogP contribution in [0, 0.1) is 0 Å². The third-order valence-corrected chi connectivity index (χ3v) is 12.1. The van der Waals surface area contributed by atoms with Crippen LogP contribution in [0.3, 0.4) is 0 Å². The van der Waals surface area contributed by atoms with E-state index < -0.39 is 0 Å². The molecule has 1 heterocycles. The van der Waals surface area contributed by atoms with Gasteiger partial charge in [-0.2, -0.15) is 0 Å². The minimum Gasteiger partial charge on any atom is -0.457 e. The van der Waals surface area contributed by atoms with E-state index in [2.05, 4.69) is 0 Å². The predicted molar refractivity (Wildman–Crippen MR) is 294 cm³/mol. The van der Waals surface area contributed by atoms with Gasteiger partial charge in [-0.1, -0.05) is 60.1 Å². The topological polar surface area (TPSA) is 13.1 Å². The maximum absolute atomic E-state index is 7.43. The molecule has 0 aliphatic heterocycles. The summed E-state index contributed by atoms with van der Waals surface area (Å²) >= 11 is 0. The van der Waals surface area contributed by atoms with Crippen molar-refractivity contribution < 1.29 is 4.42 Å². The summed E-state index contributed by atoms with van der Waals surface area (Å²) < 4.78 is 6.49. The standard InChI is InChI=1S/C38B24O/c39-13-7(8-12-22(48)32(58)35(61)36(62)38(12)63-37(8)23(49)10(13)11-20(46)30(56)34(60)31(57)21(11)47)1-3-5(16(42)26(52)24(50)14(3)40)2(6-4(1)15(41)25(51)27(53)17(6)43)9-18(44)28(54)33(59)29(55)19(9)45. The minimum atomic E-state index is -0.213. The molecule has 1 nitrogen and oxygen atoms in total. The van der Waals surface area contributed by atoms with Gasteiger partial charge in [0.25, 0.3) is 0 Å². The van der Waals surface area contributed by atoms with Crippen molar-refractivity contribution in [2.45, 2.75) is 0 Å². The van der Waals surface area contributed by atoms with E-state index in [4.69, 9.17) is 193 Å². The summed E-state index contributed by atoms with van der Waals surface area (Å²) in [6, 6.07) is 0. The molecule has 1 aromatic heterocycles. The molecule has 63 heavy (non-hydrogen) atoms. The summed E-state index contributed by atoms with van der Waals surface area (Å²) in [4.78, 5) is 0. The smallest absolute Gasteiger partial charge is 0.129 e. The average molecular weight is 732 g/mol. The molecular formula is C38B24O. The summed E-state index contributed by atoms with van der Waals surface area (Å²) in [6.07, 6.45) is 0. The van der Waals surface area contributed by atoms with Gasteiger partial charge in [0, 0.05) is 10.8 Å². The van der Waals surface area contributed by atoms with Gasteiger partial charge in [-0.3, -0.25) is 0 Å². The molecule has 0 spiro atoms. The van der Waals surface area contributed by atoms with Gasteiger partial charge in [0.2, 0.25) is 0 Å². The maximum atomic E-state index is 7.43. The van der Waals surface area contributed by atoms with Crippen molar-refractivity contribution in [3.05, 3.63) is 0 Å². The Bertz CT molecular complexity index is 3360. The largest absolute Gasteiger partial charge is 0.457 e. The first-order chi connectivity index (χ1) is 29.3. The molecule has 8 rings (SSSR count). The third kappa shape index (κ3) is 5.97. The number of hydrogen-bond acceptors (Lipinski definition) is 1. The molecule has 0 bridgehead atoms. The molecule has 0 fully saturated rings. The maximum Gasteiger partial charge on any atom is 0.129 e. The molecule has 0 atom stereocenters. The van der Waals surface area contributed by atoms with Crippen LogP contribution in [0.15, 0.2) is 4.42 Å². The quantitative estimate of drug-likeness (QED) is 0.130. The van der Waals surface area contributed by atoms with E-state index in [0.29, 0.717) is 0 Å². The average Bonchev–Trinajstić information content (AvgIpc) is 3.66. The first-order valence-corrected chi connectivity index (χ1v) is 18.3. The highest BCUT2D eigenvalue weighted by atomic mass is 16.3. The highest BCUT2D eigenvalue weighted by Crippen LogP contribution is 2.43. The fraction of sp³-hybridized carbons (Fsp3) is 0. The van der Waals surface area contributed by atoms with E-state index in [1.165, 1.54) is 0 Å². The molecule has 0 aliphatic rings. The predicted octanol–water partition coefficient (Wildman–Crippen LogP) is -18.1. The number of hydrogen-bond donors (Lipinski definition) is 0. The van der Waals surface area contributed by atoms with Crippen molar-refractivity contribution in [2.24, 2.45) is 0 Å². The van der Waals surface area contributed by atoms with Crippen LogP contribution in [0.25, 0.3) is 76.9 Å². The Labute approximate surface area is 398 Å². The van der Waals surface area contributed by atoms with E-state index >= 15 is 0 Å². The summed E-state index contributed by atoms with van der Waals surface area (Å²) in [7, 11) is 160. The highest BCUT2D eigenvalue weighted by Gasteiger charge is 2.32. The van der Waals surface area contributed by atoms with Crippen LogP contribution in [0.2, 0.25) is 0 Å². The lowest BCUT2D eigenvalue weighted by molar-refractivity contribution is 0.675. The molecule has 0 amide bonds. The second-order valence-electron chi connectivity index (χ2n) is 15.2. The van der Waals surface area contributed by atoms with Crippen LogP contribution >= 0.6 is 0 Å². The molecule has 48 radical (unpaired) electrons. The molecule has 0 saturated heterocycles. The highest BCUT2D eigenvalue weighted by molar-refractivity contribution is 6.76. The van der Waals surface area contributed by atoms with Gasteiger partial charge < -0.3 is 4.42 Å². The van der Waals surface area contributed by atoms with E-state index in [0.717, 1.165) is 0 Å². The lowest BCUT2D eigenvalue weighted by Gasteiger charge is -2.32. The molecule has 7 aromatic carbocycles. The zero-order valence-electron chi connectivity index (χ0n) is 33.3. The minimum absolute atomic E-state index is 0.00238. The first-order valence-electron chi connectivity index (χ1n) is 18.3. The SMILES string of the molecule is [B]c1c([B])c([B])c(-c2c([B])c(-c3c4c([B])c([B])c([B])c([B])c4c(-c4c([B])c([B])c([B])c([B])c4[B])c4c([B])c([B])c([B])c([B])c34)c3c(oc4c([B])c([B])c([B])c([B])c43)c2[B])c([B])c1[B]. The Morgan fingerprint density at radius 3 is 0.714 bits per heavy atom. The summed E-state index contributed by atoms with van der Waals surface area (Å²) in [5, 5.41) is 0.146. The van der Waals surface area contributed by atoms with E-state index in [1.54, 1.807) is 0 Å².